The molecule has 1 atom stereocenters. The summed E-state index contributed by atoms with van der Waals surface area (Å²) in [6.07, 6.45) is 6.63. The summed E-state index contributed by atoms with van der Waals surface area (Å²) in [6.45, 7) is 5.11. The Labute approximate surface area is 114 Å². The van der Waals surface area contributed by atoms with Gasteiger partial charge in [-0.15, -0.1) is 11.3 Å². The first-order valence-corrected chi connectivity index (χ1v) is 7.90. The van der Waals surface area contributed by atoms with Crippen molar-refractivity contribution < 1.29 is 5.11 Å². The maximum Gasteiger partial charge on any atom is 0.0771 e. The maximum absolute atomic E-state index is 10.4. The quantitative estimate of drug-likeness (QED) is 0.858. The molecule has 1 heterocycles. The highest BCUT2D eigenvalue weighted by Gasteiger charge is 2.29. The van der Waals surface area contributed by atoms with Crippen LogP contribution in [0.5, 0.6) is 0 Å². The third kappa shape index (κ3) is 4.08. The highest BCUT2D eigenvalue weighted by atomic mass is 32.1. The van der Waals surface area contributed by atoms with Crippen LogP contribution in [0.2, 0.25) is 0 Å². The topological polar surface area (TPSA) is 32.3 Å². The van der Waals surface area contributed by atoms with Crippen molar-refractivity contribution in [2.24, 2.45) is 0 Å². The summed E-state index contributed by atoms with van der Waals surface area (Å²) in [5.41, 5.74) is -0.447. The van der Waals surface area contributed by atoms with Crippen molar-refractivity contribution in [3.63, 3.8) is 0 Å². The summed E-state index contributed by atoms with van der Waals surface area (Å²) in [4.78, 5) is 2.81. The Morgan fingerprint density at radius 1 is 1.33 bits per heavy atom. The Balaban J connectivity index is 1.75. The van der Waals surface area contributed by atoms with E-state index in [0.717, 1.165) is 25.8 Å². The molecule has 102 valence electrons. The molecule has 0 spiro atoms. The molecule has 1 saturated carbocycles. The molecule has 3 heteroatoms. The number of aliphatic hydroxyl groups is 1. The molecular weight excluding hydrogens is 242 g/mol. The van der Waals surface area contributed by atoms with E-state index >= 15 is 0 Å². The minimum Gasteiger partial charge on any atom is -0.389 e. The number of aryl methyl sites for hydroxylation is 1. The molecule has 1 aliphatic carbocycles. The fourth-order valence-corrected chi connectivity index (χ4v) is 3.74. The maximum atomic E-state index is 10.4. The van der Waals surface area contributed by atoms with Crippen LogP contribution in [0.1, 0.15) is 48.8 Å². The third-order valence-electron chi connectivity index (χ3n) is 3.87. The van der Waals surface area contributed by atoms with Gasteiger partial charge in [0, 0.05) is 22.3 Å². The van der Waals surface area contributed by atoms with E-state index < -0.39 is 5.60 Å². The molecule has 18 heavy (non-hydrogen) atoms. The lowest BCUT2D eigenvalue weighted by Gasteiger charge is -2.33. The van der Waals surface area contributed by atoms with Crippen molar-refractivity contribution >= 4 is 11.3 Å². The predicted octanol–water partition coefficient (Wildman–Crippen LogP) is 3.27. The number of hydrogen-bond donors (Lipinski definition) is 2. The van der Waals surface area contributed by atoms with Gasteiger partial charge in [-0.25, -0.2) is 0 Å². The van der Waals surface area contributed by atoms with Crippen LogP contribution in [0.15, 0.2) is 12.1 Å². The molecule has 0 bridgehead atoms. The van der Waals surface area contributed by atoms with Crippen molar-refractivity contribution in [2.75, 3.05) is 6.54 Å². The van der Waals surface area contributed by atoms with Crippen LogP contribution in [0.4, 0.5) is 0 Å². The van der Waals surface area contributed by atoms with Crippen LogP contribution in [0.25, 0.3) is 0 Å². The molecule has 2 rings (SSSR count). The standard InChI is InChI=1S/C15H25NOS/c1-12(10-14-7-6-13(2)18-14)16-11-15(17)8-4-3-5-9-15/h6-7,12,16-17H,3-5,8-11H2,1-2H3. The first kappa shape index (κ1) is 14.0. The zero-order valence-corrected chi connectivity index (χ0v) is 12.4. The molecule has 2 N–H and O–H groups in total. The van der Waals surface area contributed by atoms with Crippen LogP contribution in [-0.2, 0) is 6.42 Å². The van der Waals surface area contributed by atoms with E-state index in [0.29, 0.717) is 6.04 Å². The summed E-state index contributed by atoms with van der Waals surface area (Å²) in [5.74, 6) is 0. The van der Waals surface area contributed by atoms with Gasteiger partial charge < -0.3 is 10.4 Å². The van der Waals surface area contributed by atoms with Crippen molar-refractivity contribution in [3.8, 4) is 0 Å². The van der Waals surface area contributed by atoms with E-state index in [1.807, 2.05) is 11.3 Å². The van der Waals surface area contributed by atoms with Crippen molar-refractivity contribution in [1.82, 2.24) is 5.32 Å². The molecule has 0 amide bonds. The monoisotopic (exact) mass is 267 g/mol. The van der Waals surface area contributed by atoms with Crippen LogP contribution in [0.3, 0.4) is 0 Å². The highest BCUT2D eigenvalue weighted by Crippen LogP contribution is 2.27. The lowest BCUT2D eigenvalue weighted by Crippen LogP contribution is -2.45. The first-order chi connectivity index (χ1) is 8.57. The Morgan fingerprint density at radius 2 is 2.06 bits per heavy atom. The van der Waals surface area contributed by atoms with Gasteiger partial charge in [0.2, 0.25) is 0 Å². The van der Waals surface area contributed by atoms with Gasteiger partial charge in [-0.3, -0.25) is 0 Å². The molecule has 2 nitrogen and oxygen atoms in total. The molecular formula is C15H25NOS. The third-order valence-corrected chi connectivity index (χ3v) is 4.89. The van der Waals surface area contributed by atoms with E-state index in [1.165, 1.54) is 29.0 Å². The van der Waals surface area contributed by atoms with Crippen molar-refractivity contribution in [2.45, 2.75) is 64.0 Å². The second-order valence-corrected chi connectivity index (χ2v) is 7.16. The minimum atomic E-state index is -0.447. The Bertz CT molecular complexity index is 368. The smallest absolute Gasteiger partial charge is 0.0771 e. The van der Waals surface area contributed by atoms with Crippen LogP contribution < -0.4 is 5.32 Å². The average Bonchev–Trinajstić information content (AvgIpc) is 2.73. The normalized spacial score (nSPS) is 20.8. The van der Waals surface area contributed by atoms with E-state index in [9.17, 15) is 5.11 Å². The van der Waals surface area contributed by atoms with Gasteiger partial charge in [0.1, 0.15) is 0 Å². The van der Waals surface area contributed by atoms with Gasteiger partial charge in [-0.2, -0.15) is 0 Å². The molecule has 1 aliphatic rings. The molecule has 1 aromatic heterocycles. The zero-order valence-electron chi connectivity index (χ0n) is 11.5. The minimum absolute atomic E-state index is 0.439. The summed E-state index contributed by atoms with van der Waals surface area (Å²) in [6, 6.07) is 4.84. The largest absolute Gasteiger partial charge is 0.389 e. The lowest BCUT2D eigenvalue weighted by molar-refractivity contribution is 0.00307. The van der Waals surface area contributed by atoms with Crippen molar-refractivity contribution in [1.29, 1.82) is 0 Å². The van der Waals surface area contributed by atoms with E-state index in [2.05, 4.69) is 31.3 Å². The molecule has 1 aromatic rings. The fraction of sp³-hybridized carbons (Fsp3) is 0.733. The summed E-state index contributed by atoms with van der Waals surface area (Å²) < 4.78 is 0. The summed E-state index contributed by atoms with van der Waals surface area (Å²) in [7, 11) is 0. The highest BCUT2D eigenvalue weighted by molar-refractivity contribution is 7.11. The molecule has 0 saturated heterocycles. The van der Waals surface area contributed by atoms with Crippen LogP contribution in [0, 0.1) is 6.92 Å². The van der Waals surface area contributed by atoms with Gasteiger partial charge in [0.05, 0.1) is 5.60 Å². The first-order valence-electron chi connectivity index (χ1n) is 7.08. The van der Waals surface area contributed by atoms with Crippen LogP contribution >= 0.6 is 11.3 Å². The van der Waals surface area contributed by atoms with Gasteiger partial charge >= 0.3 is 0 Å². The number of nitrogens with one attached hydrogen (secondary N) is 1. The van der Waals surface area contributed by atoms with E-state index in [4.69, 9.17) is 0 Å². The number of thiophene rings is 1. The molecule has 0 aromatic carbocycles. The second kappa shape index (κ2) is 6.18. The van der Waals surface area contributed by atoms with Gasteiger partial charge in [-0.05, 0) is 45.2 Å². The predicted molar refractivity (Wildman–Crippen MR) is 78.3 cm³/mol. The fourth-order valence-electron chi connectivity index (χ4n) is 2.72. The summed E-state index contributed by atoms with van der Waals surface area (Å²) >= 11 is 1.87. The lowest BCUT2D eigenvalue weighted by atomic mass is 9.85. The van der Waals surface area contributed by atoms with E-state index in [-0.39, 0.29) is 0 Å². The zero-order chi connectivity index (χ0) is 13.0. The summed E-state index contributed by atoms with van der Waals surface area (Å²) in [5, 5.41) is 13.9. The SMILES string of the molecule is Cc1ccc(CC(C)NCC2(O)CCCCC2)s1. The van der Waals surface area contributed by atoms with Crippen molar-refractivity contribution in [3.05, 3.63) is 21.9 Å². The number of rotatable bonds is 5. The van der Waals surface area contributed by atoms with Crippen LogP contribution in [-0.4, -0.2) is 23.3 Å². The molecule has 1 fully saturated rings. The van der Waals surface area contributed by atoms with E-state index in [1.54, 1.807) is 0 Å². The Kier molecular flexibility index (Phi) is 4.82. The van der Waals surface area contributed by atoms with Gasteiger partial charge in [0.15, 0.2) is 0 Å². The molecule has 0 radical (unpaired) electrons. The second-order valence-electron chi connectivity index (χ2n) is 5.78. The molecule has 1 unspecified atom stereocenters. The number of hydrogen-bond acceptors (Lipinski definition) is 3. The Hall–Kier alpha value is -0.380. The van der Waals surface area contributed by atoms with Gasteiger partial charge in [-0.1, -0.05) is 19.3 Å². The Morgan fingerprint density at radius 3 is 2.67 bits per heavy atom. The average molecular weight is 267 g/mol. The molecule has 0 aliphatic heterocycles. The van der Waals surface area contributed by atoms with Gasteiger partial charge in [0.25, 0.3) is 0 Å².